The number of aryl methyl sites for hydroxylation is 8. The third-order valence-corrected chi connectivity index (χ3v) is 21.6. The van der Waals surface area contributed by atoms with Crippen molar-refractivity contribution < 1.29 is 58.1 Å². The monoisotopic (exact) mass is 1210 g/mol. The lowest BCUT2D eigenvalue weighted by atomic mass is 9.75. The lowest BCUT2D eigenvalue weighted by molar-refractivity contribution is 0.185. The third-order valence-electron chi connectivity index (χ3n) is 21.6. The van der Waals surface area contributed by atoms with Crippen molar-refractivity contribution in [1.82, 2.24) is 0 Å². The van der Waals surface area contributed by atoms with Crippen LogP contribution in [0.4, 0.5) is 0 Å². The van der Waals surface area contributed by atoms with E-state index in [2.05, 4.69) is 102 Å². The van der Waals surface area contributed by atoms with E-state index in [4.69, 9.17) is 27.9 Å². The van der Waals surface area contributed by atoms with Gasteiger partial charge in [0.2, 0.25) is 0 Å². The molecule has 468 valence electrons. The Morgan fingerprint density at radius 3 is 0.911 bits per heavy atom. The van der Waals surface area contributed by atoms with E-state index in [0.29, 0.717) is 0 Å². The van der Waals surface area contributed by atoms with Crippen molar-refractivity contribution in [2.45, 2.75) is 232 Å². The van der Waals surface area contributed by atoms with Gasteiger partial charge < -0.3 is 58.1 Å². The second-order valence-corrected chi connectivity index (χ2v) is 26.8. The molecule has 6 aromatic carbocycles. The molecule has 0 bridgehead atoms. The van der Waals surface area contributed by atoms with Gasteiger partial charge in [-0.15, -0.1) is 0 Å². The summed E-state index contributed by atoms with van der Waals surface area (Å²) in [5.41, 5.74) is 30.7. The van der Waals surface area contributed by atoms with Crippen LogP contribution in [0.2, 0.25) is 0 Å². The lowest BCUT2D eigenvalue weighted by Gasteiger charge is -2.13. The normalized spacial score (nSPS) is 23.1. The van der Waals surface area contributed by atoms with E-state index in [1.165, 1.54) is 164 Å². The second kappa shape index (κ2) is 27.7. The first-order valence-corrected chi connectivity index (χ1v) is 34.7. The van der Waals surface area contributed by atoms with Crippen molar-refractivity contribution in [2.24, 2.45) is 0 Å². The SMILES string of the molecule is CC[C@@H]1OB(O)c2c1ccc1c2CCC1.CC[C@@H]1OB(O)c2cc3c(cc21)CCC3.CC[C@@H]1OB(O)c2ccc3c(c21)CCC3.CC[C@H]1OB(O)c2c1ccc1c2CCC1.CC[C@H]1OB(O)c2cc3c(cc21)CCC3.CC[C@H]1OB(O)c2ccc3c(c21)CCC3. The first kappa shape index (κ1) is 64.0. The largest absolute Gasteiger partial charge is 0.492 e. The summed E-state index contributed by atoms with van der Waals surface area (Å²) in [5.74, 6) is 0. The summed E-state index contributed by atoms with van der Waals surface area (Å²) in [5, 5.41) is 59.0. The molecule has 0 saturated carbocycles. The molecule has 0 spiro atoms. The molecular weight excluding hydrogens is 1120 g/mol. The van der Waals surface area contributed by atoms with Crippen molar-refractivity contribution in [3.8, 4) is 0 Å². The Labute approximate surface area is 536 Å². The smallest absolute Gasteiger partial charge is 0.423 e. The Hall–Kier alpha value is -4.77. The summed E-state index contributed by atoms with van der Waals surface area (Å²) in [6.45, 7) is 12.6. The van der Waals surface area contributed by atoms with Gasteiger partial charge in [-0.1, -0.05) is 114 Å². The van der Waals surface area contributed by atoms with Crippen LogP contribution in [0, 0.1) is 0 Å². The second-order valence-electron chi connectivity index (χ2n) is 26.8. The van der Waals surface area contributed by atoms with E-state index in [1.54, 1.807) is 0 Å². The van der Waals surface area contributed by atoms with Gasteiger partial charge >= 0.3 is 42.7 Å². The molecule has 6 aliphatic heterocycles. The molecule has 18 heteroatoms. The van der Waals surface area contributed by atoms with Crippen LogP contribution in [0.25, 0.3) is 0 Å². The van der Waals surface area contributed by atoms with Gasteiger partial charge in [-0.05, 0) is 287 Å². The highest BCUT2D eigenvalue weighted by Gasteiger charge is 2.42. The van der Waals surface area contributed by atoms with E-state index < -0.39 is 42.7 Å². The Morgan fingerprint density at radius 1 is 0.278 bits per heavy atom. The lowest BCUT2D eigenvalue weighted by Crippen LogP contribution is -2.31. The zero-order chi connectivity index (χ0) is 62.5. The minimum atomic E-state index is -0.698. The summed E-state index contributed by atoms with van der Waals surface area (Å²) in [4.78, 5) is 0. The van der Waals surface area contributed by atoms with Gasteiger partial charge in [-0.3, -0.25) is 0 Å². The van der Waals surface area contributed by atoms with Gasteiger partial charge in [0.1, 0.15) is 0 Å². The molecule has 18 rings (SSSR count). The summed E-state index contributed by atoms with van der Waals surface area (Å²) >= 11 is 0. The first-order valence-electron chi connectivity index (χ1n) is 34.7. The molecule has 0 amide bonds. The van der Waals surface area contributed by atoms with Gasteiger partial charge in [0.25, 0.3) is 0 Å². The fraction of sp³-hybridized carbons (Fsp3) is 0.500. The molecule has 12 nitrogen and oxygen atoms in total. The highest BCUT2D eigenvalue weighted by Crippen LogP contribution is 2.39. The number of fused-ring (bicyclic) bond motifs is 16. The number of rotatable bonds is 6. The molecule has 6 aromatic rings. The molecule has 0 saturated heterocycles. The highest BCUT2D eigenvalue weighted by molar-refractivity contribution is 6.64. The van der Waals surface area contributed by atoms with Crippen molar-refractivity contribution in [3.05, 3.63) is 173 Å². The maximum absolute atomic E-state index is 9.92. The van der Waals surface area contributed by atoms with Gasteiger partial charge in [0.05, 0.1) is 36.6 Å². The van der Waals surface area contributed by atoms with Crippen LogP contribution in [-0.2, 0) is 105 Å². The predicted octanol–water partition coefficient (Wildman–Crippen LogP) is 8.06. The van der Waals surface area contributed by atoms with Crippen LogP contribution in [-0.4, -0.2) is 72.9 Å². The average Bonchev–Trinajstić information content (AvgIpc) is 1.83. The zero-order valence-corrected chi connectivity index (χ0v) is 54.0. The summed E-state index contributed by atoms with van der Waals surface area (Å²) < 4.78 is 33.3. The van der Waals surface area contributed by atoms with E-state index in [1.807, 2.05) is 12.1 Å². The fourth-order valence-corrected chi connectivity index (χ4v) is 17.2. The molecule has 6 N–H and O–H groups in total. The van der Waals surface area contributed by atoms with Crippen LogP contribution in [0.3, 0.4) is 0 Å². The molecule has 0 unspecified atom stereocenters. The van der Waals surface area contributed by atoms with Crippen LogP contribution < -0.4 is 32.8 Å². The molecule has 12 aliphatic rings. The van der Waals surface area contributed by atoms with Gasteiger partial charge in [-0.25, -0.2) is 0 Å². The zero-order valence-electron chi connectivity index (χ0n) is 54.0. The van der Waals surface area contributed by atoms with Crippen LogP contribution in [0.1, 0.15) is 255 Å². The van der Waals surface area contributed by atoms with Crippen LogP contribution >= 0.6 is 0 Å². The Bertz CT molecular complexity index is 3370. The van der Waals surface area contributed by atoms with Crippen molar-refractivity contribution in [3.63, 3.8) is 0 Å². The topological polar surface area (TPSA) is 177 Å². The molecule has 6 aliphatic carbocycles. The third kappa shape index (κ3) is 12.1. The molecule has 0 aromatic heterocycles. The summed E-state index contributed by atoms with van der Waals surface area (Å²) in [7, 11) is -4.16. The molecule has 0 radical (unpaired) electrons. The standard InChI is InChI=1S/6C12H15BO2/c2*1-2-12-10-6-8-4-3-5-9(8)7-11(10)13(14)15-12;2*1-2-11-12-9-5-3-4-8(9)6-7-10(12)13(14)15-11;2*1-2-11-10-7-6-8-4-3-5-9(8)12(10)13(14)15-11/h2*6-7,12,14H,2-5H2,1H3;4*6-7,11,14H,2-5H2,1H3/t2*12-;4*11-/m101010/s1. The van der Waals surface area contributed by atoms with Crippen LogP contribution in [0.5, 0.6) is 0 Å². The van der Waals surface area contributed by atoms with E-state index >= 15 is 0 Å². The quantitative estimate of drug-likeness (QED) is 0.0887. The minimum absolute atomic E-state index is 0.0981. The van der Waals surface area contributed by atoms with Gasteiger partial charge in [0.15, 0.2) is 0 Å². The maximum atomic E-state index is 9.92. The molecule has 6 heterocycles. The Morgan fingerprint density at radius 2 is 0.544 bits per heavy atom. The minimum Gasteiger partial charge on any atom is -0.423 e. The van der Waals surface area contributed by atoms with Crippen LogP contribution in [0.15, 0.2) is 72.8 Å². The number of hydrogen-bond acceptors (Lipinski definition) is 12. The maximum Gasteiger partial charge on any atom is 0.492 e. The molecular formula is C72H90B6O12. The number of hydrogen-bond donors (Lipinski definition) is 6. The molecule has 6 atom stereocenters. The number of benzene rings is 6. The van der Waals surface area contributed by atoms with E-state index in [-0.39, 0.29) is 36.6 Å². The van der Waals surface area contributed by atoms with Crippen molar-refractivity contribution in [2.75, 3.05) is 0 Å². The van der Waals surface area contributed by atoms with Gasteiger partial charge in [-0.2, -0.15) is 0 Å². The Kier molecular flexibility index (Phi) is 19.7. The first-order chi connectivity index (χ1) is 43.8. The van der Waals surface area contributed by atoms with E-state index in [9.17, 15) is 30.1 Å². The van der Waals surface area contributed by atoms with E-state index in [0.717, 1.165) is 123 Å². The Balaban J connectivity index is 0.0000000991. The fourth-order valence-electron chi connectivity index (χ4n) is 17.2. The average molecular weight is 1210 g/mol. The molecule has 90 heavy (non-hydrogen) atoms. The molecule has 0 fully saturated rings. The van der Waals surface area contributed by atoms with Crippen molar-refractivity contribution >= 4 is 75.5 Å². The van der Waals surface area contributed by atoms with Crippen molar-refractivity contribution in [1.29, 1.82) is 0 Å². The predicted molar refractivity (Wildman–Crippen MR) is 361 cm³/mol. The van der Waals surface area contributed by atoms with Gasteiger partial charge in [0, 0.05) is 0 Å². The summed E-state index contributed by atoms with van der Waals surface area (Å²) in [6, 6.07) is 25.9. The highest BCUT2D eigenvalue weighted by atomic mass is 16.6. The summed E-state index contributed by atoms with van der Waals surface area (Å²) in [6.07, 6.45) is 27.6.